The van der Waals surface area contributed by atoms with Crippen LogP contribution in [0.15, 0.2) is 29.3 Å². The van der Waals surface area contributed by atoms with Crippen molar-refractivity contribution in [2.75, 3.05) is 6.54 Å². The van der Waals surface area contributed by atoms with E-state index in [1.165, 1.54) is 4.57 Å². The number of aromatic nitrogens is 2. The smallest absolute Gasteiger partial charge is 0.269 e. The van der Waals surface area contributed by atoms with Crippen LogP contribution < -0.4 is 20.1 Å². The summed E-state index contributed by atoms with van der Waals surface area (Å²) in [6.07, 6.45) is 10.1. The SMILES string of the molecule is C#CCNC(=O)/C(C#N)=c1\s/c(=C\c2cccnc2)c(=O)n1CC. The van der Waals surface area contributed by atoms with Gasteiger partial charge >= 0.3 is 0 Å². The Hall–Kier alpha value is -3.16. The van der Waals surface area contributed by atoms with E-state index in [4.69, 9.17) is 6.42 Å². The summed E-state index contributed by atoms with van der Waals surface area (Å²) in [6, 6.07) is 5.45. The molecule has 0 atom stereocenters. The van der Waals surface area contributed by atoms with Crippen LogP contribution in [0.3, 0.4) is 0 Å². The topological polar surface area (TPSA) is 87.8 Å². The number of thiazole rings is 1. The molecule has 2 heterocycles. The number of hydrogen-bond acceptors (Lipinski definition) is 5. The van der Waals surface area contributed by atoms with Crippen LogP contribution in [0.4, 0.5) is 0 Å². The highest BCUT2D eigenvalue weighted by atomic mass is 32.1. The van der Waals surface area contributed by atoms with Gasteiger partial charge in [0.1, 0.15) is 10.7 Å². The van der Waals surface area contributed by atoms with Gasteiger partial charge in [0.05, 0.1) is 11.1 Å². The van der Waals surface area contributed by atoms with E-state index in [-0.39, 0.29) is 17.7 Å². The number of carbonyl (C=O) groups excluding carboxylic acids is 1. The van der Waals surface area contributed by atoms with Gasteiger partial charge in [-0.3, -0.25) is 19.1 Å². The number of carbonyl (C=O) groups is 1. The lowest BCUT2D eigenvalue weighted by atomic mass is 10.3. The zero-order valence-corrected chi connectivity index (χ0v) is 13.8. The zero-order valence-electron chi connectivity index (χ0n) is 12.9. The molecule has 0 saturated heterocycles. The van der Waals surface area contributed by atoms with E-state index in [2.05, 4.69) is 16.2 Å². The van der Waals surface area contributed by atoms with Gasteiger partial charge in [-0.25, -0.2) is 0 Å². The van der Waals surface area contributed by atoms with Crippen LogP contribution in [0, 0.1) is 23.7 Å². The van der Waals surface area contributed by atoms with Gasteiger partial charge in [0.2, 0.25) is 0 Å². The van der Waals surface area contributed by atoms with Crippen molar-refractivity contribution >= 4 is 28.9 Å². The maximum absolute atomic E-state index is 12.5. The van der Waals surface area contributed by atoms with Gasteiger partial charge in [-0.1, -0.05) is 12.0 Å². The molecule has 0 aliphatic rings. The molecule has 0 aliphatic carbocycles. The molecule has 0 radical (unpaired) electrons. The van der Waals surface area contributed by atoms with Crippen molar-refractivity contribution in [3.63, 3.8) is 0 Å². The van der Waals surface area contributed by atoms with E-state index >= 15 is 0 Å². The van der Waals surface area contributed by atoms with Gasteiger partial charge in [0, 0.05) is 18.9 Å². The number of amides is 1. The van der Waals surface area contributed by atoms with Crippen molar-refractivity contribution in [3.05, 3.63) is 49.6 Å². The molecule has 6 nitrogen and oxygen atoms in total. The van der Waals surface area contributed by atoms with Crippen LogP contribution in [0.2, 0.25) is 0 Å². The largest absolute Gasteiger partial charge is 0.340 e. The van der Waals surface area contributed by atoms with Crippen LogP contribution in [0.5, 0.6) is 0 Å². The standard InChI is InChI=1S/C17H14N4O2S/c1-3-7-20-15(22)13(10-18)17-21(4-2)16(23)14(24-17)9-12-6-5-8-19-11-12/h1,5-6,8-9,11H,4,7H2,2H3,(H,20,22)/b14-9-,17-13-. The molecule has 0 bridgehead atoms. The highest BCUT2D eigenvalue weighted by Gasteiger charge is 2.14. The molecule has 0 aliphatic heterocycles. The van der Waals surface area contributed by atoms with Crippen LogP contribution in [-0.2, 0) is 11.3 Å². The number of terminal acetylenes is 1. The normalized spacial score (nSPS) is 12.2. The Morgan fingerprint density at radius 1 is 1.58 bits per heavy atom. The Morgan fingerprint density at radius 3 is 2.96 bits per heavy atom. The summed E-state index contributed by atoms with van der Waals surface area (Å²) >= 11 is 1.10. The zero-order chi connectivity index (χ0) is 17.5. The van der Waals surface area contributed by atoms with Gasteiger partial charge < -0.3 is 5.32 Å². The van der Waals surface area contributed by atoms with Crippen LogP contribution in [0.1, 0.15) is 12.5 Å². The Balaban J connectivity index is 2.71. The van der Waals surface area contributed by atoms with Crippen LogP contribution in [0.25, 0.3) is 11.6 Å². The summed E-state index contributed by atoms with van der Waals surface area (Å²) < 4.78 is 2.15. The first-order valence-electron chi connectivity index (χ1n) is 7.09. The summed E-state index contributed by atoms with van der Waals surface area (Å²) in [5.74, 6) is 1.68. The Kier molecular flexibility index (Phi) is 5.67. The predicted molar refractivity (Wildman–Crippen MR) is 92.2 cm³/mol. The van der Waals surface area contributed by atoms with Crippen molar-refractivity contribution < 1.29 is 4.79 Å². The molecule has 2 rings (SSSR count). The summed E-state index contributed by atoms with van der Waals surface area (Å²) in [5, 5.41) is 11.8. The van der Waals surface area contributed by atoms with Gasteiger partial charge in [-0.05, 0) is 24.6 Å². The highest BCUT2D eigenvalue weighted by molar-refractivity contribution is 7.07. The van der Waals surface area contributed by atoms with E-state index in [0.717, 1.165) is 16.9 Å². The van der Waals surface area contributed by atoms with Gasteiger partial charge in [-0.15, -0.1) is 17.8 Å². The second-order valence-corrected chi connectivity index (χ2v) is 5.66. The highest BCUT2D eigenvalue weighted by Crippen LogP contribution is 1.97. The molecule has 0 saturated carbocycles. The summed E-state index contributed by atoms with van der Waals surface area (Å²) in [7, 11) is 0. The molecule has 0 aromatic carbocycles. The summed E-state index contributed by atoms with van der Waals surface area (Å²) in [5.41, 5.74) is 0.389. The summed E-state index contributed by atoms with van der Waals surface area (Å²) in [4.78, 5) is 28.6. The van der Waals surface area contributed by atoms with E-state index in [1.807, 2.05) is 12.1 Å². The number of nitriles is 1. The lowest BCUT2D eigenvalue weighted by Gasteiger charge is -2.00. The van der Waals surface area contributed by atoms with Crippen molar-refractivity contribution in [3.8, 4) is 18.4 Å². The molecular weight excluding hydrogens is 324 g/mol. The maximum atomic E-state index is 12.5. The lowest BCUT2D eigenvalue weighted by Crippen LogP contribution is -2.34. The van der Waals surface area contributed by atoms with E-state index < -0.39 is 5.91 Å². The minimum atomic E-state index is -0.591. The third-order valence-corrected chi connectivity index (χ3v) is 4.24. The second-order valence-electron chi connectivity index (χ2n) is 4.63. The first-order chi connectivity index (χ1) is 11.6. The molecule has 120 valence electrons. The number of nitrogens with zero attached hydrogens (tertiary/aromatic N) is 3. The number of rotatable bonds is 4. The quantitative estimate of drug-likeness (QED) is 0.767. The van der Waals surface area contributed by atoms with Gasteiger partial charge in [0.25, 0.3) is 11.5 Å². The van der Waals surface area contributed by atoms with E-state index in [0.29, 0.717) is 15.7 Å². The van der Waals surface area contributed by atoms with Gasteiger partial charge in [-0.2, -0.15) is 5.26 Å². The minimum Gasteiger partial charge on any atom is -0.340 e. The molecule has 0 unspecified atom stereocenters. The molecule has 2 aromatic rings. The molecule has 24 heavy (non-hydrogen) atoms. The minimum absolute atomic E-state index is 0.0143. The van der Waals surface area contributed by atoms with Crippen LogP contribution in [-0.4, -0.2) is 22.0 Å². The van der Waals surface area contributed by atoms with Crippen molar-refractivity contribution in [1.29, 1.82) is 5.26 Å². The van der Waals surface area contributed by atoms with Crippen LogP contribution >= 0.6 is 11.3 Å². The summed E-state index contributed by atoms with van der Waals surface area (Å²) in [6.45, 7) is 2.14. The van der Waals surface area contributed by atoms with Crippen molar-refractivity contribution in [1.82, 2.24) is 14.9 Å². The Labute approximate surface area is 142 Å². The van der Waals surface area contributed by atoms with E-state index in [9.17, 15) is 14.9 Å². The van der Waals surface area contributed by atoms with Gasteiger partial charge in [0.15, 0.2) is 5.57 Å². The average molecular weight is 338 g/mol. The maximum Gasteiger partial charge on any atom is 0.269 e. The second kappa shape index (κ2) is 7.91. The molecule has 2 aromatic heterocycles. The number of hydrogen-bond donors (Lipinski definition) is 1. The fraction of sp³-hybridized carbons (Fsp3) is 0.176. The molecule has 0 fully saturated rings. The van der Waals surface area contributed by atoms with Crippen molar-refractivity contribution in [2.45, 2.75) is 13.5 Å². The average Bonchev–Trinajstić information content (AvgIpc) is 2.90. The Morgan fingerprint density at radius 2 is 2.38 bits per heavy atom. The lowest BCUT2D eigenvalue weighted by molar-refractivity contribution is -0.115. The molecule has 1 amide bonds. The fourth-order valence-electron chi connectivity index (χ4n) is 2.02. The first kappa shape index (κ1) is 17.2. The van der Waals surface area contributed by atoms with E-state index in [1.54, 1.807) is 31.5 Å². The molecule has 0 spiro atoms. The third kappa shape index (κ3) is 3.60. The molecular formula is C17H14N4O2S. The fourth-order valence-corrected chi connectivity index (χ4v) is 3.18. The van der Waals surface area contributed by atoms with Crippen molar-refractivity contribution in [2.24, 2.45) is 0 Å². The predicted octanol–water partition coefficient (Wildman–Crippen LogP) is -0.423. The Bertz CT molecular complexity index is 1000. The monoisotopic (exact) mass is 338 g/mol. The number of nitrogens with one attached hydrogen (secondary N) is 1. The number of pyridine rings is 1. The third-order valence-electron chi connectivity index (χ3n) is 3.11. The first-order valence-corrected chi connectivity index (χ1v) is 7.91. The molecule has 1 N–H and O–H groups in total. The molecule has 7 heteroatoms.